The summed E-state index contributed by atoms with van der Waals surface area (Å²) in [7, 11) is 0. The summed E-state index contributed by atoms with van der Waals surface area (Å²) >= 11 is 0. The molecule has 2 aromatic rings. The topological polar surface area (TPSA) is 61.5 Å². The minimum Gasteiger partial charge on any atom is -0.490 e. The van der Waals surface area contributed by atoms with Crippen molar-refractivity contribution in [1.29, 1.82) is 0 Å². The van der Waals surface area contributed by atoms with Gasteiger partial charge in [-0.05, 0) is 37.0 Å². The summed E-state index contributed by atoms with van der Waals surface area (Å²) in [6, 6.07) is 7.80. The van der Waals surface area contributed by atoms with Gasteiger partial charge >= 0.3 is 0 Å². The zero-order valence-corrected chi connectivity index (χ0v) is 14.9. The van der Waals surface area contributed by atoms with Crippen LogP contribution in [0.1, 0.15) is 35.7 Å². The summed E-state index contributed by atoms with van der Waals surface area (Å²) in [5, 5.41) is 7.80. The number of carbonyl (C=O) groups is 1. The number of aromatic nitrogens is 2. The van der Waals surface area contributed by atoms with Crippen molar-refractivity contribution < 1.29 is 9.53 Å². The predicted molar refractivity (Wildman–Crippen MR) is 98.7 cm³/mol. The Balaban J connectivity index is 1.27. The van der Waals surface area contributed by atoms with Crippen LogP contribution in [0.5, 0.6) is 5.75 Å². The minimum absolute atomic E-state index is 0.159. The number of benzene rings is 1. The van der Waals surface area contributed by atoms with Gasteiger partial charge in [-0.25, -0.2) is 0 Å². The van der Waals surface area contributed by atoms with E-state index in [1.54, 1.807) is 0 Å². The molecule has 1 fully saturated rings. The van der Waals surface area contributed by atoms with Gasteiger partial charge in [-0.3, -0.25) is 14.8 Å². The molecule has 1 aromatic carbocycles. The van der Waals surface area contributed by atoms with Crippen LogP contribution in [-0.4, -0.2) is 53.8 Å². The van der Waals surface area contributed by atoms with Crippen molar-refractivity contribution in [3.05, 3.63) is 41.2 Å². The lowest BCUT2D eigenvalue weighted by Gasteiger charge is -2.31. The number of amides is 1. The number of rotatable bonds is 3. The van der Waals surface area contributed by atoms with Gasteiger partial charge in [0.15, 0.2) is 0 Å². The molecule has 5 rings (SSSR count). The minimum atomic E-state index is 0.159. The Bertz CT molecular complexity index is 827. The molecule has 0 saturated heterocycles. The van der Waals surface area contributed by atoms with E-state index < -0.39 is 0 Å². The molecule has 1 amide bonds. The molecule has 1 aliphatic carbocycles. The van der Waals surface area contributed by atoms with Crippen LogP contribution in [0, 0.1) is 0 Å². The van der Waals surface area contributed by atoms with Crippen molar-refractivity contribution in [3.63, 3.8) is 0 Å². The first-order valence-electron chi connectivity index (χ1n) is 9.60. The molecule has 2 aliphatic heterocycles. The normalized spacial score (nSPS) is 20.1. The highest BCUT2D eigenvalue weighted by molar-refractivity contribution is 5.96. The number of fused-ring (bicyclic) bond motifs is 2. The van der Waals surface area contributed by atoms with E-state index in [0.717, 1.165) is 37.4 Å². The maximum atomic E-state index is 12.9. The van der Waals surface area contributed by atoms with Crippen LogP contribution in [0.4, 0.5) is 5.69 Å². The third kappa shape index (κ3) is 2.88. The van der Waals surface area contributed by atoms with Crippen molar-refractivity contribution in [2.75, 3.05) is 37.7 Å². The average Bonchev–Trinajstić information content (AvgIpc) is 3.47. The molecule has 3 heterocycles. The third-order valence-corrected chi connectivity index (χ3v) is 5.69. The monoisotopic (exact) mass is 352 g/mol. The summed E-state index contributed by atoms with van der Waals surface area (Å²) in [4.78, 5) is 17.1. The van der Waals surface area contributed by atoms with Crippen molar-refractivity contribution in [2.24, 2.45) is 0 Å². The van der Waals surface area contributed by atoms with E-state index in [-0.39, 0.29) is 5.91 Å². The van der Waals surface area contributed by atoms with Crippen LogP contribution in [0.15, 0.2) is 24.3 Å². The lowest BCUT2D eigenvalue weighted by Crippen LogP contribution is -2.44. The molecule has 1 aromatic heterocycles. The summed E-state index contributed by atoms with van der Waals surface area (Å²) in [6.07, 6.45) is 4.48. The summed E-state index contributed by atoms with van der Waals surface area (Å²) < 4.78 is 5.67. The molecule has 0 unspecified atom stereocenters. The molecule has 0 bridgehead atoms. The fraction of sp³-hybridized carbons (Fsp3) is 0.500. The van der Waals surface area contributed by atoms with Crippen LogP contribution in [-0.2, 0) is 17.6 Å². The van der Waals surface area contributed by atoms with E-state index in [9.17, 15) is 4.79 Å². The molecule has 136 valence electrons. The number of H-pyrrole nitrogens is 1. The molecule has 1 saturated carbocycles. The Kier molecular flexibility index (Phi) is 3.93. The highest BCUT2D eigenvalue weighted by Crippen LogP contribution is 2.41. The predicted octanol–water partition coefficient (Wildman–Crippen LogP) is 2.11. The number of hydrogen-bond acceptors (Lipinski definition) is 4. The molecule has 26 heavy (non-hydrogen) atoms. The smallest absolute Gasteiger partial charge is 0.241 e. The third-order valence-electron chi connectivity index (χ3n) is 5.69. The molecule has 6 nitrogen and oxygen atoms in total. The number of nitrogens with zero attached hydrogens (tertiary/aromatic N) is 3. The average molecular weight is 352 g/mol. The summed E-state index contributed by atoms with van der Waals surface area (Å²) in [5.74, 6) is 1.64. The largest absolute Gasteiger partial charge is 0.490 e. The van der Waals surface area contributed by atoms with Gasteiger partial charge in [0.25, 0.3) is 0 Å². The van der Waals surface area contributed by atoms with Gasteiger partial charge in [-0.15, -0.1) is 0 Å². The van der Waals surface area contributed by atoms with Crippen molar-refractivity contribution >= 4 is 11.6 Å². The molecule has 0 radical (unpaired) electrons. The first-order valence-corrected chi connectivity index (χ1v) is 9.60. The number of nitrogens with one attached hydrogen (secondary N) is 1. The van der Waals surface area contributed by atoms with E-state index in [0.29, 0.717) is 25.6 Å². The number of aromatic amines is 1. The Morgan fingerprint density at radius 2 is 2.04 bits per heavy atom. The number of hydrogen-bond donors (Lipinski definition) is 1. The van der Waals surface area contributed by atoms with Crippen molar-refractivity contribution in [3.8, 4) is 5.75 Å². The zero-order chi connectivity index (χ0) is 17.5. The second-order valence-corrected chi connectivity index (χ2v) is 7.48. The lowest BCUT2D eigenvalue weighted by molar-refractivity contribution is -0.120. The summed E-state index contributed by atoms with van der Waals surface area (Å²) in [6.45, 7) is 3.47. The molecule has 0 atom stereocenters. The molecule has 6 heteroatoms. The lowest BCUT2D eigenvalue weighted by atomic mass is 10.1. The number of ether oxygens (including phenoxy) is 1. The van der Waals surface area contributed by atoms with E-state index in [4.69, 9.17) is 4.74 Å². The number of anilines is 1. The van der Waals surface area contributed by atoms with Gasteiger partial charge in [-0.1, -0.05) is 12.1 Å². The van der Waals surface area contributed by atoms with E-state index >= 15 is 0 Å². The quantitative estimate of drug-likeness (QED) is 0.919. The van der Waals surface area contributed by atoms with Crippen LogP contribution in [0.2, 0.25) is 0 Å². The Labute approximate surface area is 153 Å². The zero-order valence-electron chi connectivity index (χ0n) is 14.9. The first-order chi connectivity index (χ1) is 12.8. The Morgan fingerprint density at radius 1 is 1.19 bits per heavy atom. The molecule has 3 aliphatic rings. The highest BCUT2D eigenvalue weighted by Gasteiger charge is 2.32. The fourth-order valence-electron chi connectivity index (χ4n) is 4.11. The van der Waals surface area contributed by atoms with E-state index in [1.165, 1.54) is 29.8 Å². The van der Waals surface area contributed by atoms with Gasteiger partial charge in [-0.2, -0.15) is 5.10 Å². The van der Waals surface area contributed by atoms with Gasteiger partial charge < -0.3 is 9.64 Å². The van der Waals surface area contributed by atoms with Gasteiger partial charge in [0.2, 0.25) is 5.91 Å². The van der Waals surface area contributed by atoms with Crippen molar-refractivity contribution in [2.45, 2.75) is 31.6 Å². The second kappa shape index (κ2) is 6.43. The van der Waals surface area contributed by atoms with E-state index in [2.05, 4.69) is 15.1 Å². The standard InChI is InChI=1S/C20H24N4O2/c25-19(24-11-12-26-18-4-2-1-3-17(18)24)13-23-9-7-15-16(8-10-23)21-22-20(15)14-5-6-14/h1-4,14H,5-13H2,(H,21,22). The van der Waals surface area contributed by atoms with Crippen LogP contribution < -0.4 is 9.64 Å². The highest BCUT2D eigenvalue weighted by atomic mass is 16.5. The summed E-state index contributed by atoms with van der Waals surface area (Å²) in [5.41, 5.74) is 4.87. The maximum Gasteiger partial charge on any atom is 0.241 e. The van der Waals surface area contributed by atoms with Crippen molar-refractivity contribution in [1.82, 2.24) is 15.1 Å². The van der Waals surface area contributed by atoms with Crippen LogP contribution >= 0.6 is 0 Å². The number of para-hydroxylation sites is 2. The second-order valence-electron chi connectivity index (χ2n) is 7.48. The molecular formula is C20H24N4O2. The number of carbonyl (C=O) groups excluding carboxylic acids is 1. The van der Waals surface area contributed by atoms with Gasteiger partial charge in [0.1, 0.15) is 12.4 Å². The molecule has 1 N–H and O–H groups in total. The van der Waals surface area contributed by atoms with E-state index in [1.807, 2.05) is 29.2 Å². The van der Waals surface area contributed by atoms with Crippen LogP contribution in [0.3, 0.4) is 0 Å². The van der Waals surface area contributed by atoms with Crippen LogP contribution in [0.25, 0.3) is 0 Å². The Morgan fingerprint density at radius 3 is 2.92 bits per heavy atom. The maximum absolute atomic E-state index is 12.9. The molecule has 0 spiro atoms. The van der Waals surface area contributed by atoms with Gasteiger partial charge in [0.05, 0.1) is 24.5 Å². The first kappa shape index (κ1) is 15.9. The molecular weight excluding hydrogens is 328 g/mol. The van der Waals surface area contributed by atoms with Gasteiger partial charge in [0, 0.05) is 31.1 Å². The Hall–Kier alpha value is -2.34. The SMILES string of the molecule is O=C(CN1CCc2[nH]nc(C3CC3)c2CC1)N1CCOc2ccccc21. The fourth-order valence-corrected chi connectivity index (χ4v) is 4.11.